The van der Waals surface area contributed by atoms with Crippen LogP contribution in [-0.4, -0.2) is 51.3 Å². The highest BCUT2D eigenvalue weighted by atomic mass is 32.2. The Hall–Kier alpha value is -3.93. The van der Waals surface area contributed by atoms with Crippen molar-refractivity contribution in [2.45, 2.75) is 43.4 Å². The molecular formula is C27H30N4O6S. The van der Waals surface area contributed by atoms with Crippen LogP contribution >= 0.6 is 0 Å². The number of aliphatic hydroxyl groups is 1. The molecule has 200 valence electrons. The summed E-state index contributed by atoms with van der Waals surface area (Å²) < 4.78 is 29.6. The van der Waals surface area contributed by atoms with Crippen LogP contribution in [0, 0.1) is 0 Å². The van der Waals surface area contributed by atoms with Crippen molar-refractivity contribution < 1.29 is 28.5 Å². The Morgan fingerprint density at radius 1 is 1.08 bits per heavy atom. The first kappa shape index (κ1) is 27.1. The minimum absolute atomic E-state index is 0.151. The van der Waals surface area contributed by atoms with Gasteiger partial charge in [-0.05, 0) is 56.2 Å². The van der Waals surface area contributed by atoms with Gasteiger partial charge in [-0.25, -0.2) is 18.2 Å². The summed E-state index contributed by atoms with van der Waals surface area (Å²) in [5.74, 6) is -1.54. The molecule has 0 aliphatic heterocycles. The second kappa shape index (κ2) is 10.8. The minimum Gasteiger partial charge on any atom is -0.507 e. The van der Waals surface area contributed by atoms with E-state index in [2.05, 4.69) is 15.0 Å². The maximum Gasteiger partial charge on any atom is 0.339 e. The largest absolute Gasteiger partial charge is 0.507 e. The number of imidazole rings is 1. The lowest BCUT2D eigenvalue weighted by atomic mass is 9.99. The number of rotatable bonds is 11. The fourth-order valence-electron chi connectivity index (χ4n) is 4.05. The van der Waals surface area contributed by atoms with Crippen LogP contribution in [-0.2, 0) is 16.6 Å². The molecule has 0 amide bonds. The van der Waals surface area contributed by atoms with Crippen molar-refractivity contribution in [1.29, 1.82) is 0 Å². The van der Waals surface area contributed by atoms with E-state index in [1.807, 2.05) is 18.4 Å². The number of aryl methyl sites for hydroxylation is 1. The predicted octanol–water partition coefficient (Wildman–Crippen LogP) is 3.73. The first-order chi connectivity index (χ1) is 17.9. The number of hydrogen-bond acceptors (Lipinski definition) is 7. The molecule has 0 bridgehead atoms. The summed E-state index contributed by atoms with van der Waals surface area (Å²) >= 11 is 0. The Balaban J connectivity index is 1.37. The highest BCUT2D eigenvalue weighted by Crippen LogP contribution is 2.26. The van der Waals surface area contributed by atoms with E-state index in [1.165, 1.54) is 24.3 Å². The van der Waals surface area contributed by atoms with Crippen molar-refractivity contribution in [3.63, 3.8) is 0 Å². The fourth-order valence-corrected chi connectivity index (χ4v) is 5.12. The van der Waals surface area contributed by atoms with E-state index in [4.69, 9.17) is 0 Å². The van der Waals surface area contributed by atoms with Crippen LogP contribution in [0.5, 0.6) is 5.75 Å². The molecule has 0 unspecified atom stereocenters. The van der Waals surface area contributed by atoms with Crippen LogP contribution in [0.15, 0.2) is 78.0 Å². The number of phenols is 1. The number of anilines is 1. The smallest absolute Gasteiger partial charge is 0.339 e. The third-order valence-corrected chi connectivity index (χ3v) is 7.69. The number of aliphatic hydroxyl groups excluding tert-OH is 1. The van der Waals surface area contributed by atoms with Gasteiger partial charge in [-0.3, -0.25) is 4.72 Å². The van der Waals surface area contributed by atoms with Gasteiger partial charge in [-0.1, -0.05) is 30.3 Å². The number of nitrogens with one attached hydrogen (secondary N) is 2. The van der Waals surface area contributed by atoms with Gasteiger partial charge < -0.3 is 25.2 Å². The van der Waals surface area contributed by atoms with E-state index in [1.54, 1.807) is 48.8 Å². The molecule has 0 aliphatic carbocycles. The lowest BCUT2D eigenvalue weighted by molar-refractivity contribution is 0.0694. The van der Waals surface area contributed by atoms with Crippen molar-refractivity contribution in [3.05, 3.63) is 84.2 Å². The first-order valence-electron chi connectivity index (χ1n) is 12.0. The third-order valence-electron chi connectivity index (χ3n) is 6.30. The molecule has 38 heavy (non-hydrogen) atoms. The Bertz CT molecular complexity index is 1550. The number of sulfonamides is 1. The molecule has 4 rings (SSSR count). The van der Waals surface area contributed by atoms with Gasteiger partial charge in [-0.15, -0.1) is 0 Å². The normalized spacial score (nSPS) is 12.9. The molecule has 0 aliphatic rings. The van der Waals surface area contributed by atoms with E-state index in [0.29, 0.717) is 35.2 Å². The lowest BCUT2D eigenvalue weighted by Crippen LogP contribution is -2.42. The van der Waals surface area contributed by atoms with Crippen LogP contribution in [0.25, 0.3) is 11.0 Å². The standard InChI is InChI=1S/C27H30N4O6S/c1-27(2,11-12-31-17-28-22-14-21(26(34)35)24(32)15-23(22)31)29-16-25(33)18-7-6-8-19(13-18)30-38(36,37)20-9-4-3-5-10-20/h3-10,13-15,17,25,29-30,32-33H,11-12,16H2,1-2H3,(H,34,35)/t25-/m0/s1. The molecule has 0 fully saturated rings. The SMILES string of the molecule is CC(C)(CCn1cnc2cc(C(=O)O)c(O)cc21)NC[C@H](O)c1cccc(NS(=O)(=O)c2ccccc2)c1. The van der Waals surface area contributed by atoms with Crippen LogP contribution in [0.3, 0.4) is 0 Å². The van der Waals surface area contributed by atoms with Gasteiger partial charge in [0, 0.05) is 30.4 Å². The summed E-state index contributed by atoms with van der Waals surface area (Å²) in [5.41, 5.74) is 1.42. The average molecular weight is 539 g/mol. The van der Waals surface area contributed by atoms with Crippen LogP contribution in [0.2, 0.25) is 0 Å². The molecule has 1 atom stereocenters. The molecule has 1 aromatic heterocycles. The van der Waals surface area contributed by atoms with Crippen LogP contribution < -0.4 is 10.0 Å². The number of aromatic nitrogens is 2. The van der Waals surface area contributed by atoms with Gasteiger partial charge in [0.2, 0.25) is 0 Å². The highest BCUT2D eigenvalue weighted by Gasteiger charge is 2.21. The summed E-state index contributed by atoms with van der Waals surface area (Å²) in [6, 6.07) is 17.4. The van der Waals surface area contributed by atoms with Crippen LogP contribution in [0.1, 0.15) is 42.3 Å². The molecule has 0 saturated heterocycles. The molecular weight excluding hydrogens is 508 g/mol. The van der Waals surface area contributed by atoms with Gasteiger partial charge >= 0.3 is 5.97 Å². The van der Waals surface area contributed by atoms with Gasteiger partial charge in [0.1, 0.15) is 11.3 Å². The lowest BCUT2D eigenvalue weighted by Gasteiger charge is -2.28. The predicted molar refractivity (Wildman–Crippen MR) is 144 cm³/mol. The Kier molecular flexibility index (Phi) is 7.72. The second-order valence-electron chi connectivity index (χ2n) is 9.68. The number of hydrogen-bond donors (Lipinski definition) is 5. The molecule has 0 radical (unpaired) electrons. The average Bonchev–Trinajstić information content (AvgIpc) is 3.27. The molecule has 3 aromatic carbocycles. The number of β-amino-alcohol motifs (C(OH)–C–C–N with tert-alkyl or cyclic N) is 1. The summed E-state index contributed by atoms with van der Waals surface area (Å²) in [5, 5.41) is 33.4. The number of benzene rings is 3. The van der Waals surface area contributed by atoms with Crippen molar-refractivity contribution in [3.8, 4) is 5.75 Å². The number of carbonyl (C=O) groups is 1. The third kappa shape index (κ3) is 6.31. The molecule has 4 aromatic rings. The zero-order chi connectivity index (χ0) is 27.5. The molecule has 5 N–H and O–H groups in total. The maximum absolute atomic E-state index is 12.6. The van der Waals surface area contributed by atoms with E-state index in [9.17, 15) is 28.5 Å². The van der Waals surface area contributed by atoms with E-state index < -0.39 is 27.6 Å². The number of aromatic hydroxyl groups is 1. The highest BCUT2D eigenvalue weighted by molar-refractivity contribution is 7.92. The monoisotopic (exact) mass is 538 g/mol. The molecule has 11 heteroatoms. The zero-order valence-corrected chi connectivity index (χ0v) is 21.8. The second-order valence-corrected chi connectivity index (χ2v) is 11.4. The summed E-state index contributed by atoms with van der Waals surface area (Å²) in [6.45, 7) is 4.75. The molecule has 0 spiro atoms. The van der Waals surface area contributed by atoms with E-state index >= 15 is 0 Å². The van der Waals surface area contributed by atoms with Crippen molar-refractivity contribution in [1.82, 2.24) is 14.9 Å². The van der Waals surface area contributed by atoms with Crippen molar-refractivity contribution in [2.75, 3.05) is 11.3 Å². The number of nitrogens with zero attached hydrogens (tertiary/aromatic N) is 2. The van der Waals surface area contributed by atoms with Crippen molar-refractivity contribution in [2.24, 2.45) is 0 Å². The first-order valence-corrected chi connectivity index (χ1v) is 13.5. The van der Waals surface area contributed by atoms with Crippen molar-refractivity contribution >= 4 is 32.7 Å². The molecule has 10 nitrogen and oxygen atoms in total. The fraction of sp³-hybridized carbons (Fsp3) is 0.259. The number of carboxylic acids is 1. The number of aromatic carboxylic acids is 1. The summed E-state index contributed by atoms with van der Waals surface area (Å²) in [7, 11) is -3.74. The van der Waals surface area contributed by atoms with Crippen LogP contribution in [0.4, 0.5) is 5.69 Å². The van der Waals surface area contributed by atoms with Gasteiger partial charge in [0.05, 0.1) is 28.4 Å². The number of fused-ring (bicyclic) bond motifs is 1. The van der Waals surface area contributed by atoms with Gasteiger partial charge in [-0.2, -0.15) is 0 Å². The van der Waals surface area contributed by atoms with E-state index in [-0.39, 0.29) is 22.8 Å². The minimum atomic E-state index is -3.74. The van der Waals surface area contributed by atoms with E-state index in [0.717, 1.165) is 0 Å². The molecule has 1 heterocycles. The maximum atomic E-state index is 12.6. The Labute approximate surface area is 220 Å². The Morgan fingerprint density at radius 2 is 1.82 bits per heavy atom. The topological polar surface area (TPSA) is 154 Å². The zero-order valence-electron chi connectivity index (χ0n) is 21.0. The number of carboxylic acid groups (broad SMARTS) is 1. The summed E-state index contributed by atoms with van der Waals surface area (Å²) in [4.78, 5) is 15.6. The van der Waals surface area contributed by atoms with Gasteiger partial charge in [0.15, 0.2) is 0 Å². The molecule has 0 saturated carbocycles. The quantitative estimate of drug-likeness (QED) is 0.194. The Morgan fingerprint density at radius 3 is 2.53 bits per heavy atom. The van der Waals surface area contributed by atoms with Gasteiger partial charge in [0.25, 0.3) is 10.0 Å². The summed E-state index contributed by atoms with van der Waals surface area (Å²) in [6.07, 6.45) is 1.36.